The Kier molecular flexibility index (Phi) is 7.20. The summed E-state index contributed by atoms with van der Waals surface area (Å²) in [5.41, 5.74) is 2.22. The minimum absolute atomic E-state index is 0.158. The van der Waals surface area contributed by atoms with Crippen LogP contribution in [0.25, 0.3) is 0 Å². The quantitative estimate of drug-likeness (QED) is 0.467. The molecule has 1 saturated heterocycles. The molecule has 0 aromatic heterocycles. The van der Waals surface area contributed by atoms with Crippen LogP contribution >= 0.6 is 0 Å². The minimum atomic E-state index is -0.996. The fourth-order valence-corrected chi connectivity index (χ4v) is 4.55. The fraction of sp³-hybridized carbons (Fsp3) is 0.286. The molecule has 0 radical (unpaired) electrons. The molecule has 1 heterocycles. The summed E-state index contributed by atoms with van der Waals surface area (Å²) >= 11 is 0. The zero-order valence-electron chi connectivity index (χ0n) is 19.1. The molecular formula is C28H31N3O2. The predicted octanol–water partition coefficient (Wildman–Crippen LogP) is 4.63. The van der Waals surface area contributed by atoms with Gasteiger partial charge in [0.1, 0.15) is 5.54 Å². The molecule has 3 aromatic rings. The average Bonchev–Trinajstić information content (AvgIpc) is 3.05. The highest BCUT2D eigenvalue weighted by Gasteiger charge is 2.51. The zero-order chi connectivity index (χ0) is 23.1. The minimum Gasteiger partial charge on any atom is -0.322 e. The first-order chi connectivity index (χ1) is 16.1. The molecule has 0 bridgehead atoms. The lowest BCUT2D eigenvalue weighted by Gasteiger charge is -2.29. The van der Waals surface area contributed by atoms with Gasteiger partial charge in [-0.3, -0.25) is 9.69 Å². The lowest BCUT2D eigenvalue weighted by atomic mass is 9.84. The maximum Gasteiger partial charge on any atom is 0.326 e. The Bertz CT molecular complexity index is 1010. The number of urea groups is 1. The van der Waals surface area contributed by atoms with Gasteiger partial charge in [-0.05, 0) is 29.7 Å². The molecule has 1 aliphatic rings. The monoisotopic (exact) mass is 441 g/mol. The second kappa shape index (κ2) is 10.5. The van der Waals surface area contributed by atoms with Crippen LogP contribution < -0.4 is 5.32 Å². The van der Waals surface area contributed by atoms with Crippen LogP contribution in [-0.4, -0.2) is 40.5 Å². The predicted molar refractivity (Wildman–Crippen MR) is 130 cm³/mol. The Morgan fingerprint density at radius 1 is 0.758 bits per heavy atom. The van der Waals surface area contributed by atoms with Crippen molar-refractivity contribution in [1.29, 1.82) is 0 Å². The number of carbonyl (C=O) groups is 2. The number of amides is 3. The van der Waals surface area contributed by atoms with Crippen molar-refractivity contribution in [3.05, 3.63) is 108 Å². The van der Waals surface area contributed by atoms with Crippen molar-refractivity contribution in [2.24, 2.45) is 0 Å². The molecule has 33 heavy (non-hydrogen) atoms. The highest BCUT2D eigenvalue weighted by Crippen LogP contribution is 2.27. The van der Waals surface area contributed by atoms with E-state index < -0.39 is 5.54 Å². The molecule has 1 N–H and O–H groups in total. The van der Waals surface area contributed by atoms with Crippen LogP contribution in [0.3, 0.4) is 0 Å². The van der Waals surface area contributed by atoms with Crippen molar-refractivity contribution in [2.75, 3.05) is 13.2 Å². The van der Waals surface area contributed by atoms with Gasteiger partial charge in [-0.2, -0.15) is 0 Å². The van der Waals surface area contributed by atoms with E-state index in [0.29, 0.717) is 19.4 Å². The third-order valence-electron chi connectivity index (χ3n) is 6.07. The molecule has 5 nitrogen and oxygen atoms in total. The van der Waals surface area contributed by atoms with E-state index in [2.05, 4.69) is 29.3 Å². The van der Waals surface area contributed by atoms with E-state index in [0.717, 1.165) is 29.7 Å². The van der Waals surface area contributed by atoms with Crippen molar-refractivity contribution < 1.29 is 9.59 Å². The van der Waals surface area contributed by atoms with E-state index in [1.165, 1.54) is 4.90 Å². The number of hydrogen-bond acceptors (Lipinski definition) is 3. The summed E-state index contributed by atoms with van der Waals surface area (Å²) in [6.45, 7) is 3.88. The second-order valence-corrected chi connectivity index (χ2v) is 8.75. The summed E-state index contributed by atoms with van der Waals surface area (Å²) in [7, 11) is 0. The van der Waals surface area contributed by atoms with E-state index in [1.54, 1.807) is 0 Å². The summed E-state index contributed by atoms with van der Waals surface area (Å²) in [5.74, 6) is -0.158. The van der Waals surface area contributed by atoms with Gasteiger partial charge < -0.3 is 5.32 Å². The lowest BCUT2D eigenvalue weighted by molar-refractivity contribution is -0.132. The van der Waals surface area contributed by atoms with Crippen LogP contribution in [0.1, 0.15) is 30.0 Å². The maximum absolute atomic E-state index is 13.9. The van der Waals surface area contributed by atoms with E-state index in [-0.39, 0.29) is 18.6 Å². The molecular weight excluding hydrogens is 410 g/mol. The SMILES string of the molecule is CCCN(Cc1ccccc1)CN1C(=O)NC(Cc2ccccc2)(Cc2ccccc2)C1=O. The number of carbonyl (C=O) groups excluding carboxylic acids is 2. The number of imide groups is 1. The Labute approximate surface area is 196 Å². The Morgan fingerprint density at radius 2 is 1.24 bits per heavy atom. The first-order valence-corrected chi connectivity index (χ1v) is 11.6. The summed E-state index contributed by atoms with van der Waals surface area (Å²) in [4.78, 5) is 30.5. The summed E-state index contributed by atoms with van der Waals surface area (Å²) in [6.07, 6.45) is 1.85. The average molecular weight is 442 g/mol. The number of hydrogen-bond donors (Lipinski definition) is 1. The molecule has 0 aliphatic carbocycles. The van der Waals surface area contributed by atoms with Gasteiger partial charge in [0.05, 0.1) is 6.67 Å². The normalized spacial score (nSPS) is 15.2. The third-order valence-corrected chi connectivity index (χ3v) is 6.07. The van der Waals surface area contributed by atoms with E-state index >= 15 is 0 Å². The fourth-order valence-electron chi connectivity index (χ4n) is 4.55. The van der Waals surface area contributed by atoms with E-state index in [1.807, 2.05) is 78.9 Å². The van der Waals surface area contributed by atoms with Crippen LogP contribution in [0, 0.1) is 0 Å². The molecule has 0 unspecified atom stereocenters. The third kappa shape index (κ3) is 5.49. The van der Waals surface area contributed by atoms with Gasteiger partial charge in [0.25, 0.3) is 5.91 Å². The first-order valence-electron chi connectivity index (χ1n) is 11.6. The van der Waals surface area contributed by atoms with Gasteiger partial charge in [0, 0.05) is 19.4 Å². The highest BCUT2D eigenvalue weighted by molar-refractivity contribution is 6.07. The molecule has 0 saturated carbocycles. The first kappa shape index (κ1) is 22.7. The molecule has 3 aromatic carbocycles. The van der Waals surface area contributed by atoms with Gasteiger partial charge >= 0.3 is 6.03 Å². The molecule has 0 spiro atoms. The van der Waals surface area contributed by atoms with Crippen molar-refractivity contribution in [3.8, 4) is 0 Å². The van der Waals surface area contributed by atoms with Crippen molar-refractivity contribution >= 4 is 11.9 Å². The molecule has 1 fully saturated rings. The van der Waals surface area contributed by atoms with Crippen molar-refractivity contribution in [2.45, 2.75) is 38.3 Å². The maximum atomic E-state index is 13.9. The standard InChI is InChI=1S/C28H31N3O2/c1-2-18-30(21-25-16-10-5-11-17-25)22-31-26(32)28(29-27(31)33,19-23-12-6-3-7-13-23)20-24-14-8-4-9-15-24/h3-17H,2,18-22H2,1H3,(H,29,33). The largest absolute Gasteiger partial charge is 0.326 e. The number of benzene rings is 3. The summed E-state index contributed by atoms with van der Waals surface area (Å²) < 4.78 is 0. The molecule has 3 amide bonds. The molecule has 1 aliphatic heterocycles. The van der Waals surface area contributed by atoms with Crippen LogP contribution in [-0.2, 0) is 24.2 Å². The van der Waals surface area contributed by atoms with Crippen LogP contribution in [0.15, 0.2) is 91.0 Å². The van der Waals surface area contributed by atoms with Crippen LogP contribution in [0.4, 0.5) is 4.79 Å². The number of rotatable bonds is 10. The summed E-state index contributed by atoms with van der Waals surface area (Å²) in [6, 6.07) is 29.7. The Hall–Kier alpha value is -3.44. The number of nitrogens with zero attached hydrogens (tertiary/aromatic N) is 2. The van der Waals surface area contributed by atoms with Crippen molar-refractivity contribution in [1.82, 2.24) is 15.1 Å². The van der Waals surface area contributed by atoms with Crippen LogP contribution in [0.5, 0.6) is 0 Å². The van der Waals surface area contributed by atoms with Gasteiger partial charge in [0.2, 0.25) is 0 Å². The smallest absolute Gasteiger partial charge is 0.322 e. The molecule has 0 atom stereocenters. The molecule has 4 rings (SSSR count). The topological polar surface area (TPSA) is 52.6 Å². The van der Waals surface area contributed by atoms with Gasteiger partial charge in [-0.15, -0.1) is 0 Å². The molecule has 5 heteroatoms. The summed E-state index contributed by atoms with van der Waals surface area (Å²) in [5, 5.41) is 3.09. The van der Waals surface area contributed by atoms with Crippen LogP contribution in [0.2, 0.25) is 0 Å². The van der Waals surface area contributed by atoms with E-state index in [9.17, 15) is 9.59 Å². The Balaban J connectivity index is 1.59. The van der Waals surface area contributed by atoms with Crippen molar-refractivity contribution in [3.63, 3.8) is 0 Å². The lowest BCUT2D eigenvalue weighted by Crippen LogP contribution is -2.51. The highest BCUT2D eigenvalue weighted by atomic mass is 16.2. The van der Waals surface area contributed by atoms with E-state index in [4.69, 9.17) is 0 Å². The Morgan fingerprint density at radius 3 is 1.73 bits per heavy atom. The molecule has 170 valence electrons. The second-order valence-electron chi connectivity index (χ2n) is 8.75. The van der Waals surface area contributed by atoms with Gasteiger partial charge in [-0.1, -0.05) is 97.9 Å². The number of nitrogens with one attached hydrogen (secondary N) is 1. The van der Waals surface area contributed by atoms with Gasteiger partial charge in [-0.25, -0.2) is 9.69 Å². The zero-order valence-corrected chi connectivity index (χ0v) is 19.1. The van der Waals surface area contributed by atoms with Gasteiger partial charge in [0.15, 0.2) is 0 Å².